The molecule has 7 heteroatoms. The summed E-state index contributed by atoms with van der Waals surface area (Å²) in [4.78, 5) is 11.4. The molecule has 0 radical (unpaired) electrons. The smallest absolute Gasteiger partial charge is 0.180 e. The summed E-state index contributed by atoms with van der Waals surface area (Å²) in [6.07, 6.45) is 7.20. The third-order valence-corrected chi connectivity index (χ3v) is 8.46. The van der Waals surface area contributed by atoms with Crippen molar-refractivity contribution >= 4 is 56.0 Å². The molecule has 2 aliphatic rings. The summed E-state index contributed by atoms with van der Waals surface area (Å²) in [6, 6.07) is 10.4. The zero-order valence-corrected chi connectivity index (χ0v) is 20.0. The summed E-state index contributed by atoms with van der Waals surface area (Å²) >= 11 is 3.55. The van der Waals surface area contributed by atoms with Gasteiger partial charge >= 0.3 is 0 Å². The molecule has 1 atom stereocenters. The number of benzene rings is 1. The van der Waals surface area contributed by atoms with Crippen LogP contribution in [0.5, 0.6) is 0 Å². The van der Waals surface area contributed by atoms with E-state index in [9.17, 15) is 0 Å². The average Bonchev–Trinajstić information content (AvgIpc) is 3.37. The number of aromatic nitrogens is 1. The highest BCUT2D eigenvalue weighted by atomic mass is 35.5. The van der Waals surface area contributed by atoms with E-state index < -0.39 is 0 Å². The van der Waals surface area contributed by atoms with Crippen molar-refractivity contribution in [2.24, 2.45) is 0 Å². The molecule has 0 bridgehead atoms. The van der Waals surface area contributed by atoms with Crippen LogP contribution in [0.15, 0.2) is 29.6 Å². The van der Waals surface area contributed by atoms with E-state index in [0.29, 0.717) is 12.1 Å². The first-order valence-electron chi connectivity index (χ1n) is 10.9. The molecule has 2 N–H and O–H groups in total. The SMILES string of the molecule is CCCN(C1CCN(c2cccc3sccc23)CC1)[C@H]1CCc2nc(N)sc2C1.Cl. The van der Waals surface area contributed by atoms with Gasteiger partial charge in [-0.25, -0.2) is 4.98 Å². The molecule has 0 spiro atoms. The number of anilines is 2. The zero-order chi connectivity index (χ0) is 19.8. The second-order valence-corrected chi connectivity index (χ2v) is 10.4. The van der Waals surface area contributed by atoms with E-state index in [1.54, 1.807) is 11.3 Å². The molecule has 1 fully saturated rings. The number of fused-ring (bicyclic) bond motifs is 2. The van der Waals surface area contributed by atoms with Gasteiger partial charge in [0.25, 0.3) is 0 Å². The van der Waals surface area contributed by atoms with Gasteiger partial charge in [-0.15, -0.1) is 35.1 Å². The van der Waals surface area contributed by atoms with Gasteiger partial charge in [0.15, 0.2) is 5.13 Å². The maximum absolute atomic E-state index is 5.97. The lowest BCUT2D eigenvalue weighted by Gasteiger charge is -2.44. The van der Waals surface area contributed by atoms with Gasteiger partial charge in [-0.2, -0.15) is 0 Å². The fourth-order valence-electron chi connectivity index (χ4n) is 5.27. The van der Waals surface area contributed by atoms with E-state index in [2.05, 4.69) is 51.4 Å². The Hall–Kier alpha value is -1.34. The maximum Gasteiger partial charge on any atom is 0.180 e. The van der Waals surface area contributed by atoms with Crippen molar-refractivity contribution in [1.29, 1.82) is 0 Å². The maximum atomic E-state index is 5.97. The molecule has 1 aliphatic heterocycles. The van der Waals surface area contributed by atoms with E-state index in [4.69, 9.17) is 5.73 Å². The lowest BCUT2D eigenvalue weighted by Crippen LogP contribution is -2.51. The van der Waals surface area contributed by atoms with Gasteiger partial charge in [0.2, 0.25) is 0 Å². The molecule has 4 nitrogen and oxygen atoms in total. The number of rotatable bonds is 5. The van der Waals surface area contributed by atoms with Crippen molar-refractivity contribution in [3.8, 4) is 0 Å². The van der Waals surface area contributed by atoms with Crippen LogP contribution in [0, 0.1) is 0 Å². The Morgan fingerprint density at radius 1 is 1.17 bits per heavy atom. The Morgan fingerprint density at radius 3 is 2.80 bits per heavy atom. The lowest BCUT2D eigenvalue weighted by molar-refractivity contribution is 0.103. The number of thiazole rings is 1. The first-order valence-corrected chi connectivity index (χ1v) is 12.6. The van der Waals surface area contributed by atoms with Crippen LogP contribution in [-0.2, 0) is 12.8 Å². The molecule has 5 rings (SSSR count). The first kappa shape index (κ1) is 21.9. The van der Waals surface area contributed by atoms with Crippen molar-refractivity contribution in [2.75, 3.05) is 30.3 Å². The highest BCUT2D eigenvalue weighted by molar-refractivity contribution is 7.17. The molecule has 1 aliphatic carbocycles. The summed E-state index contributed by atoms with van der Waals surface area (Å²) < 4.78 is 1.40. The number of hydrogen-bond acceptors (Lipinski definition) is 6. The number of thiophene rings is 1. The minimum absolute atomic E-state index is 0. The minimum Gasteiger partial charge on any atom is -0.375 e. The second kappa shape index (κ2) is 9.43. The summed E-state index contributed by atoms with van der Waals surface area (Å²) in [6.45, 7) is 5.84. The van der Waals surface area contributed by atoms with Crippen molar-refractivity contribution in [2.45, 2.75) is 57.5 Å². The third kappa shape index (κ3) is 4.20. The first-order chi connectivity index (χ1) is 14.2. The number of nitrogen functional groups attached to an aromatic ring is 1. The summed E-state index contributed by atoms with van der Waals surface area (Å²) in [5.74, 6) is 0. The van der Waals surface area contributed by atoms with Gasteiger partial charge in [-0.05, 0) is 68.6 Å². The standard InChI is InChI=1S/C23H30N4S2.ClH/c1-2-11-27(17-6-7-19-22(15-17)29-23(24)25-19)16-8-12-26(13-9-16)20-4-3-5-21-18(20)10-14-28-21;/h3-5,10,14,16-17H,2,6-9,11-13,15H2,1H3,(H2,24,25);1H/t17-;/m0./s1. The van der Waals surface area contributed by atoms with Gasteiger partial charge in [0.05, 0.1) is 5.69 Å². The monoisotopic (exact) mass is 462 g/mol. The summed E-state index contributed by atoms with van der Waals surface area (Å²) in [7, 11) is 0. The predicted octanol–water partition coefficient (Wildman–Crippen LogP) is 5.60. The number of nitrogens with two attached hydrogens (primary N) is 1. The molecule has 2 aromatic heterocycles. The van der Waals surface area contributed by atoms with Crippen LogP contribution in [0.3, 0.4) is 0 Å². The van der Waals surface area contributed by atoms with Crippen LogP contribution in [0.2, 0.25) is 0 Å². The van der Waals surface area contributed by atoms with Crippen LogP contribution < -0.4 is 10.6 Å². The predicted molar refractivity (Wildman–Crippen MR) is 134 cm³/mol. The molecular formula is C23H31ClN4S2. The van der Waals surface area contributed by atoms with E-state index >= 15 is 0 Å². The van der Waals surface area contributed by atoms with Crippen molar-refractivity contribution < 1.29 is 0 Å². The minimum atomic E-state index is 0. The number of piperidine rings is 1. The summed E-state index contributed by atoms with van der Waals surface area (Å²) in [5, 5.41) is 4.38. The van der Waals surface area contributed by atoms with Crippen molar-refractivity contribution in [3.05, 3.63) is 40.2 Å². The van der Waals surface area contributed by atoms with E-state index in [1.165, 1.54) is 58.6 Å². The zero-order valence-electron chi connectivity index (χ0n) is 17.5. The van der Waals surface area contributed by atoms with Crippen LogP contribution in [0.4, 0.5) is 10.8 Å². The van der Waals surface area contributed by atoms with Crippen LogP contribution in [-0.4, -0.2) is 41.6 Å². The fourth-order valence-corrected chi connectivity index (χ4v) is 7.03. The Bertz CT molecular complexity index is 977. The van der Waals surface area contributed by atoms with Crippen LogP contribution in [0.1, 0.15) is 43.2 Å². The van der Waals surface area contributed by atoms with Crippen molar-refractivity contribution in [1.82, 2.24) is 9.88 Å². The Morgan fingerprint density at radius 2 is 2.00 bits per heavy atom. The third-order valence-electron chi connectivity index (χ3n) is 6.63. The molecule has 1 aromatic carbocycles. The molecule has 30 heavy (non-hydrogen) atoms. The largest absolute Gasteiger partial charge is 0.375 e. The molecule has 0 amide bonds. The van der Waals surface area contributed by atoms with Gasteiger partial charge in [-0.1, -0.05) is 13.0 Å². The molecule has 3 heterocycles. The Balaban J connectivity index is 0.00000218. The van der Waals surface area contributed by atoms with E-state index in [1.807, 2.05) is 11.3 Å². The van der Waals surface area contributed by atoms with Crippen LogP contribution in [0.25, 0.3) is 10.1 Å². The fraction of sp³-hybridized carbons (Fsp3) is 0.522. The Kier molecular flexibility index (Phi) is 6.88. The highest BCUT2D eigenvalue weighted by Crippen LogP contribution is 2.35. The quantitative estimate of drug-likeness (QED) is 0.536. The van der Waals surface area contributed by atoms with Crippen molar-refractivity contribution in [3.63, 3.8) is 0 Å². The van der Waals surface area contributed by atoms with E-state index in [-0.39, 0.29) is 12.4 Å². The molecule has 162 valence electrons. The Labute approximate surface area is 193 Å². The highest BCUT2D eigenvalue weighted by Gasteiger charge is 2.32. The average molecular weight is 463 g/mol. The number of nitrogens with zero attached hydrogens (tertiary/aromatic N) is 3. The number of hydrogen-bond donors (Lipinski definition) is 1. The molecule has 1 saturated heterocycles. The second-order valence-electron chi connectivity index (χ2n) is 8.38. The topological polar surface area (TPSA) is 45.4 Å². The van der Waals surface area contributed by atoms with Gasteiger partial charge in [0, 0.05) is 45.8 Å². The van der Waals surface area contributed by atoms with Gasteiger partial charge < -0.3 is 10.6 Å². The summed E-state index contributed by atoms with van der Waals surface area (Å²) in [5.41, 5.74) is 8.66. The molecule has 0 saturated carbocycles. The normalized spacial score (nSPS) is 19.8. The van der Waals surface area contributed by atoms with E-state index in [0.717, 1.165) is 31.1 Å². The lowest BCUT2D eigenvalue weighted by atomic mass is 9.92. The molecule has 0 unspecified atom stereocenters. The van der Waals surface area contributed by atoms with Gasteiger partial charge in [0.1, 0.15) is 0 Å². The molecule has 3 aromatic rings. The molecular weight excluding hydrogens is 432 g/mol. The van der Waals surface area contributed by atoms with Gasteiger partial charge in [-0.3, -0.25) is 4.90 Å². The number of halogens is 1. The van der Waals surface area contributed by atoms with Crippen LogP contribution >= 0.6 is 35.1 Å². The number of aryl methyl sites for hydroxylation is 1.